The molecule has 0 unspecified atom stereocenters. The lowest BCUT2D eigenvalue weighted by atomic mass is 10.1. The van der Waals surface area contributed by atoms with E-state index in [4.69, 9.17) is 0 Å². The number of benzene rings is 1. The second-order valence-electron chi connectivity index (χ2n) is 6.32. The monoisotopic (exact) mass is 297 g/mol. The molecule has 4 heteroatoms. The van der Waals surface area contributed by atoms with Crippen LogP contribution in [0.2, 0.25) is 0 Å². The standard InChI is InChI=1S/C18H23N3O/c1-12-6-4-5-7-17(12)21-14(3)16(11-19-21)13(2)20-18(22)10-15-8-9-15/h4-7,11,13,15H,8-10H2,1-3H3,(H,20,22)/t13-/m0/s1. The number of hydrogen-bond donors (Lipinski definition) is 1. The maximum atomic E-state index is 12.0. The Morgan fingerprint density at radius 1 is 1.36 bits per heavy atom. The van der Waals surface area contributed by atoms with Gasteiger partial charge in [-0.25, -0.2) is 4.68 Å². The Kier molecular flexibility index (Phi) is 4.01. The number of para-hydroxylation sites is 1. The minimum absolute atomic E-state index is 0.0102. The molecule has 3 rings (SSSR count). The number of hydrogen-bond acceptors (Lipinski definition) is 2. The molecular weight excluding hydrogens is 274 g/mol. The Labute approximate surface area is 131 Å². The summed E-state index contributed by atoms with van der Waals surface area (Å²) >= 11 is 0. The van der Waals surface area contributed by atoms with E-state index in [2.05, 4.69) is 36.4 Å². The van der Waals surface area contributed by atoms with Crippen molar-refractivity contribution in [3.8, 4) is 5.69 Å². The number of aromatic nitrogens is 2. The van der Waals surface area contributed by atoms with Crippen LogP contribution in [0.5, 0.6) is 0 Å². The molecule has 116 valence electrons. The third-order valence-corrected chi connectivity index (χ3v) is 4.41. The van der Waals surface area contributed by atoms with Gasteiger partial charge in [0, 0.05) is 17.7 Å². The maximum absolute atomic E-state index is 12.0. The number of rotatable bonds is 5. The molecule has 4 nitrogen and oxygen atoms in total. The molecule has 22 heavy (non-hydrogen) atoms. The van der Waals surface area contributed by atoms with E-state index in [-0.39, 0.29) is 11.9 Å². The van der Waals surface area contributed by atoms with E-state index in [1.54, 1.807) is 0 Å². The molecule has 1 aromatic heterocycles. The minimum atomic E-state index is -0.0102. The highest BCUT2D eigenvalue weighted by atomic mass is 16.1. The van der Waals surface area contributed by atoms with Crippen molar-refractivity contribution in [1.82, 2.24) is 15.1 Å². The minimum Gasteiger partial charge on any atom is -0.349 e. The molecule has 1 aliphatic rings. The van der Waals surface area contributed by atoms with Crippen molar-refractivity contribution < 1.29 is 4.79 Å². The van der Waals surface area contributed by atoms with E-state index in [1.165, 1.54) is 18.4 Å². The van der Waals surface area contributed by atoms with Gasteiger partial charge in [0.15, 0.2) is 0 Å². The van der Waals surface area contributed by atoms with Gasteiger partial charge < -0.3 is 5.32 Å². The van der Waals surface area contributed by atoms with Crippen molar-refractivity contribution in [3.63, 3.8) is 0 Å². The Balaban J connectivity index is 1.77. The van der Waals surface area contributed by atoms with Gasteiger partial charge in [-0.05, 0) is 51.2 Å². The van der Waals surface area contributed by atoms with Crippen LogP contribution in [-0.2, 0) is 4.79 Å². The predicted molar refractivity (Wildman–Crippen MR) is 86.9 cm³/mol. The molecule has 0 spiro atoms. The molecular formula is C18H23N3O. The normalized spacial score (nSPS) is 15.6. The van der Waals surface area contributed by atoms with Crippen LogP contribution in [0.15, 0.2) is 30.5 Å². The zero-order chi connectivity index (χ0) is 15.7. The first-order valence-corrected chi connectivity index (χ1v) is 7.96. The molecule has 1 aromatic carbocycles. The molecule has 1 saturated carbocycles. The molecule has 0 saturated heterocycles. The Morgan fingerprint density at radius 2 is 2.09 bits per heavy atom. The lowest BCUT2D eigenvalue weighted by Gasteiger charge is -2.14. The van der Waals surface area contributed by atoms with Gasteiger partial charge in [-0.1, -0.05) is 18.2 Å². The Hall–Kier alpha value is -2.10. The Bertz CT molecular complexity index is 685. The highest BCUT2D eigenvalue weighted by Gasteiger charge is 2.25. The predicted octanol–water partition coefficient (Wildman–Crippen LogP) is 3.47. The van der Waals surface area contributed by atoms with Gasteiger partial charge in [-0.2, -0.15) is 5.10 Å². The number of carbonyl (C=O) groups is 1. The smallest absolute Gasteiger partial charge is 0.220 e. The van der Waals surface area contributed by atoms with Crippen LogP contribution in [-0.4, -0.2) is 15.7 Å². The van der Waals surface area contributed by atoms with Crippen LogP contribution in [0.4, 0.5) is 0 Å². The second-order valence-corrected chi connectivity index (χ2v) is 6.32. The van der Waals surface area contributed by atoms with E-state index < -0.39 is 0 Å². The fourth-order valence-corrected chi connectivity index (χ4v) is 2.85. The van der Waals surface area contributed by atoms with Crippen molar-refractivity contribution in [1.29, 1.82) is 0 Å². The van der Waals surface area contributed by atoms with Gasteiger partial charge in [0.05, 0.1) is 17.9 Å². The molecule has 1 N–H and O–H groups in total. The number of aryl methyl sites for hydroxylation is 1. The molecule has 1 fully saturated rings. The van der Waals surface area contributed by atoms with E-state index in [9.17, 15) is 4.79 Å². The number of amides is 1. The summed E-state index contributed by atoms with van der Waals surface area (Å²) < 4.78 is 1.95. The van der Waals surface area contributed by atoms with E-state index >= 15 is 0 Å². The molecule has 1 amide bonds. The zero-order valence-corrected chi connectivity index (χ0v) is 13.5. The van der Waals surface area contributed by atoms with Crippen molar-refractivity contribution in [2.24, 2.45) is 5.92 Å². The summed E-state index contributed by atoms with van der Waals surface area (Å²) in [5.74, 6) is 0.765. The average Bonchev–Trinajstić information content (AvgIpc) is 3.20. The third-order valence-electron chi connectivity index (χ3n) is 4.41. The lowest BCUT2D eigenvalue weighted by Crippen LogP contribution is -2.27. The molecule has 0 bridgehead atoms. The largest absolute Gasteiger partial charge is 0.349 e. The first kappa shape index (κ1) is 14.8. The lowest BCUT2D eigenvalue weighted by molar-refractivity contribution is -0.122. The van der Waals surface area contributed by atoms with Crippen LogP contribution in [0.25, 0.3) is 5.69 Å². The van der Waals surface area contributed by atoms with Gasteiger partial charge in [-0.3, -0.25) is 4.79 Å². The number of carbonyl (C=O) groups excluding carboxylic acids is 1. The topological polar surface area (TPSA) is 46.9 Å². The highest BCUT2D eigenvalue weighted by molar-refractivity contribution is 5.77. The highest BCUT2D eigenvalue weighted by Crippen LogP contribution is 2.32. The number of nitrogens with zero attached hydrogens (tertiary/aromatic N) is 2. The van der Waals surface area contributed by atoms with Crippen LogP contribution in [0.3, 0.4) is 0 Å². The van der Waals surface area contributed by atoms with E-state index in [0.717, 1.165) is 16.9 Å². The molecule has 0 radical (unpaired) electrons. The molecule has 1 heterocycles. The summed E-state index contributed by atoms with van der Waals surface area (Å²) in [5, 5.41) is 7.61. The van der Waals surface area contributed by atoms with Gasteiger partial charge in [-0.15, -0.1) is 0 Å². The van der Waals surface area contributed by atoms with Crippen LogP contribution < -0.4 is 5.32 Å². The zero-order valence-electron chi connectivity index (χ0n) is 13.5. The summed E-state index contributed by atoms with van der Waals surface area (Å²) in [6.07, 6.45) is 4.93. The van der Waals surface area contributed by atoms with Gasteiger partial charge >= 0.3 is 0 Å². The first-order chi connectivity index (χ1) is 10.6. The molecule has 2 aromatic rings. The molecule has 1 aliphatic carbocycles. The summed E-state index contributed by atoms with van der Waals surface area (Å²) in [4.78, 5) is 12.0. The van der Waals surface area contributed by atoms with Crippen molar-refractivity contribution in [3.05, 3.63) is 47.3 Å². The average molecular weight is 297 g/mol. The second kappa shape index (κ2) is 5.95. The molecule has 0 aliphatic heterocycles. The molecule has 1 atom stereocenters. The van der Waals surface area contributed by atoms with Crippen LogP contribution in [0, 0.1) is 19.8 Å². The van der Waals surface area contributed by atoms with Crippen molar-refractivity contribution in [2.45, 2.75) is 46.1 Å². The number of nitrogens with one attached hydrogen (secondary N) is 1. The van der Waals surface area contributed by atoms with Crippen LogP contribution >= 0.6 is 0 Å². The van der Waals surface area contributed by atoms with Crippen molar-refractivity contribution >= 4 is 5.91 Å². The van der Waals surface area contributed by atoms with Crippen molar-refractivity contribution in [2.75, 3.05) is 0 Å². The van der Waals surface area contributed by atoms with Gasteiger partial charge in [0.2, 0.25) is 5.91 Å². The fourth-order valence-electron chi connectivity index (χ4n) is 2.85. The maximum Gasteiger partial charge on any atom is 0.220 e. The van der Waals surface area contributed by atoms with E-state index in [1.807, 2.05) is 29.9 Å². The Morgan fingerprint density at radius 3 is 2.77 bits per heavy atom. The van der Waals surface area contributed by atoms with Gasteiger partial charge in [0.25, 0.3) is 0 Å². The van der Waals surface area contributed by atoms with Gasteiger partial charge in [0.1, 0.15) is 0 Å². The fraction of sp³-hybridized carbons (Fsp3) is 0.444. The summed E-state index contributed by atoms with van der Waals surface area (Å²) in [5.41, 5.74) is 4.43. The van der Waals surface area contributed by atoms with E-state index in [0.29, 0.717) is 12.3 Å². The summed E-state index contributed by atoms with van der Waals surface area (Å²) in [7, 11) is 0. The summed E-state index contributed by atoms with van der Waals surface area (Å²) in [6, 6.07) is 8.18. The van der Waals surface area contributed by atoms with Crippen LogP contribution in [0.1, 0.15) is 49.0 Å². The summed E-state index contributed by atoms with van der Waals surface area (Å²) in [6.45, 7) is 6.16. The SMILES string of the molecule is Cc1ccccc1-n1ncc([C@H](C)NC(=O)CC2CC2)c1C. The quantitative estimate of drug-likeness (QED) is 0.918. The first-order valence-electron chi connectivity index (χ1n) is 7.96. The third kappa shape index (κ3) is 3.06.